The van der Waals surface area contributed by atoms with E-state index in [4.69, 9.17) is 0 Å². The third-order valence-electron chi connectivity index (χ3n) is 4.20. The molecule has 2 heterocycles. The van der Waals surface area contributed by atoms with Gasteiger partial charge in [-0.2, -0.15) is 5.10 Å². The maximum atomic E-state index is 12.7. The Morgan fingerprint density at radius 1 is 1.41 bits per heavy atom. The lowest BCUT2D eigenvalue weighted by molar-refractivity contribution is 0.0603. The average molecular weight is 363 g/mol. The van der Waals surface area contributed by atoms with Gasteiger partial charge in [0.05, 0.1) is 17.4 Å². The van der Waals surface area contributed by atoms with Gasteiger partial charge < -0.3 is 10.2 Å². The van der Waals surface area contributed by atoms with E-state index >= 15 is 0 Å². The Kier molecular flexibility index (Phi) is 4.31. The molecule has 2 aromatic rings. The number of hydrogen-bond acceptors (Lipinski definition) is 3. The molecule has 0 radical (unpaired) electrons. The summed E-state index contributed by atoms with van der Waals surface area (Å²) in [6.07, 6.45) is 3.44. The summed E-state index contributed by atoms with van der Waals surface area (Å²) >= 11 is 3.45. The second kappa shape index (κ2) is 6.22. The molecule has 1 aromatic carbocycles. The topological polar surface area (TPSA) is 50.2 Å². The number of nitrogens with zero attached hydrogens (tertiary/aromatic N) is 3. The quantitative estimate of drug-likeness (QED) is 0.892. The number of piperazine rings is 1. The second-order valence-corrected chi connectivity index (χ2v) is 6.55. The molecular weight excluding hydrogens is 344 g/mol. The zero-order valence-corrected chi connectivity index (χ0v) is 14.2. The van der Waals surface area contributed by atoms with Crippen LogP contribution in [-0.4, -0.2) is 45.8 Å². The van der Waals surface area contributed by atoms with Crippen molar-refractivity contribution < 1.29 is 4.79 Å². The first kappa shape index (κ1) is 15.2. The molecule has 1 saturated heterocycles. The highest BCUT2D eigenvalue weighted by molar-refractivity contribution is 9.10. The Balaban J connectivity index is 1.83. The normalized spacial score (nSPS) is 21.9. The number of carbonyl (C=O) groups excluding carboxylic acids is 1. The maximum absolute atomic E-state index is 12.7. The van der Waals surface area contributed by atoms with Gasteiger partial charge in [-0.25, -0.2) is 4.68 Å². The lowest BCUT2D eigenvalue weighted by Crippen LogP contribution is -2.57. The van der Waals surface area contributed by atoms with Crippen LogP contribution in [0.2, 0.25) is 0 Å². The van der Waals surface area contributed by atoms with Gasteiger partial charge in [-0.15, -0.1) is 0 Å². The molecule has 1 aliphatic heterocycles. The number of halogens is 1. The smallest absolute Gasteiger partial charge is 0.257 e. The number of nitrogens with one attached hydrogen (secondary N) is 1. The van der Waals surface area contributed by atoms with Gasteiger partial charge in [0.25, 0.3) is 5.91 Å². The van der Waals surface area contributed by atoms with Gasteiger partial charge in [-0.3, -0.25) is 4.79 Å². The number of hydrogen-bond donors (Lipinski definition) is 1. The first-order valence-corrected chi connectivity index (χ1v) is 8.20. The molecule has 0 spiro atoms. The lowest BCUT2D eigenvalue weighted by atomic mass is 10.1. The molecule has 1 aromatic heterocycles. The van der Waals surface area contributed by atoms with Gasteiger partial charge >= 0.3 is 0 Å². The van der Waals surface area contributed by atoms with Crippen molar-refractivity contribution in [2.45, 2.75) is 25.9 Å². The monoisotopic (exact) mass is 362 g/mol. The van der Waals surface area contributed by atoms with E-state index in [0.29, 0.717) is 11.6 Å². The highest BCUT2D eigenvalue weighted by atomic mass is 79.9. The van der Waals surface area contributed by atoms with Crippen molar-refractivity contribution in [3.63, 3.8) is 0 Å². The fourth-order valence-electron chi connectivity index (χ4n) is 2.70. The van der Waals surface area contributed by atoms with Crippen LogP contribution in [0.25, 0.3) is 5.69 Å². The van der Waals surface area contributed by atoms with Gasteiger partial charge in [0, 0.05) is 35.8 Å². The maximum Gasteiger partial charge on any atom is 0.257 e. The Hall–Kier alpha value is -1.66. The SMILES string of the molecule is CC1NCCN(C(=O)c2cnn(-c3cccc(Br)c3)c2)C1C. The number of aromatic nitrogens is 2. The molecule has 5 nitrogen and oxygen atoms in total. The van der Waals surface area contributed by atoms with Crippen LogP contribution in [0.5, 0.6) is 0 Å². The van der Waals surface area contributed by atoms with Crippen molar-refractivity contribution in [1.29, 1.82) is 0 Å². The lowest BCUT2D eigenvalue weighted by Gasteiger charge is -2.38. The van der Waals surface area contributed by atoms with Gasteiger partial charge in [-0.05, 0) is 32.0 Å². The predicted molar refractivity (Wildman–Crippen MR) is 89.2 cm³/mol. The Labute approximate surface area is 138 Å². The zero-order chi connectivity index (χ0) is 15.7. The summed E-state index contributed by atoms with van der Waals surface area (Å²) < 4.78 is 2.71. The van der Waals surface area contributed by atoms with E-state index in [-0.39, 0.29) is 11.9 Å². The molecule has 1 N–H and O–H groups in total. The Morgan fingerprint density at radius 2 is 2.23 bits per heavy atom. The van der Waals surface area contributed by atoms with Crippen LogP contribution in [0.4, 0.5) is 0 Å². The van der Waals surface area contributed by atoms with E-state index in [0.717, 1.165) is 23.2 Å². The summed E-state index contributed by atoms with van der Waals surface area (Å²) in [5, 5.41) is 7.71. The minimum Gasteiger partial charge on any atom is -0.333 e. The minimum atomic E-state index is 0.0436. The average Bonchev–Trinajstić information content (AvgIpc) is 2.99. The van der Waals surface area contributed by atoms with Crippen LogP contribution in [0.3, 0.4) is 0 Å². The molecule has 116 valence electrons. The summed E-state index contributed by atoms with van der Waals surface area (Å²) in [6, 6.07) is 8.32. The molecule has 1 aliphatic rings. The largest absolute Gasteiger partial charge is 0.333 e. The third-order valence-corrected chi connectivity index (χ3v) is 4.69. The van der Waals surface area contributed by atoms with Gasteiger partial charge in [0.15, 0.2) is 0 Å². The summed E-state index contributed by atoms with van der Waals surface area (Å²) in [5.41, 5.74) is 1.55. The van der Waals surface area contributed by atoms with Gasteiger partial charge in [0.2, 0.25) is 0 Å². The Morgan fingerprint density at radius 3 is 3.00 bits per heavy atom. The van der Waals surface area contributed by atoms with Crippen LogP contribution in [0.15, 0.2) is 41.1 Å². The van der Waals surface area contributed by atoms with Crippen molar-refractivity contribution in [1.82, 2.24) is 20.0 Å². The van der Waals surface area contributed by atoms with E-state index in [2.05, 4.69) is 40.2 Å². The molecule has 1 fully saturated rings. The Bertz CT molecular complexity index is 684. The fraction of sp³-hybridized carbons (Fsp3) is 0.375. The van der Waals surface area contributed by atoms with Crippen LogP contribution >= 0.6 is 15.9 Å². The second-order valence-electron chi connectivity index (χ2n) is 5.64. The highest BCUT2D eigenvalue weighted by Crippen LogP contribution is 2.17. The van der Waals surface area contributed by atoms with E-state index in [1.807, 2.05) is 29.2 Å². The molecule has 0 bridgehead atoms. The van der Waals surface area contributed by atoms with Crippen LogP contribution in [-0.2, 0) is 0 Å². The molecule has 3 rings (SSSR count). The number of rotatable bonds is 2. The van der Waals surface area contributed by atoms with Crippen molar-refractivity contribution in [3.05, 3.63) is 46.7 Å². The molecule has 22 heavy (non-hydrogen) atoms. The van der Waals surface area contributed by atoms with Crippen LogP contribution in [0.1, 0.15) is 24.2 Å². The van der Waals surface area contributed by atoms with Crippen molar-refractivity contribution >= 4 is 21.8 Å². The first-order valence-electron chi connectivity index (χ1n) is 7.41. The summed E-state index contributed by atoms with van der Waals surface area (Å²) in [4.78, 5) is 14.6. The standard InChI is InChI=1S/C16H19BrN4O/c1-11-12(2)20(7-6-18-11)16(22)13-9-19-21(10-13)15-5-3-4-14(17)8-15/h3-5,8-12,18H,6-7H2,1-2H3. The first-order chi connectivity index (χ1) is 10.6. The minimum absolute atomic E-state index is 0.0436. The molecule has 0 aliphatic carbocycles. The summed E-state index contributed by atoms with van der Waals surface area (Å²) in [7, 11) is 0. The fourth-order valence-corrected chi connectivity index (χ4v) is 3.09. The van der Waals surface area contributed by atoms with Crippen molar-refractivity contribution in [2.75, 3.05) is 13.1 Å². The van der Waals surface area contributed by atoms with E-state index in [1.165, 1.54) is 0 Å². The zero-order valence-electron chi connectivity index (χ0n) is 12.7. The van der Waals surface area contributed by atoms with E-state index in [1.54, 1.807) is 17.1 Å². The van der Waals surface area contributed by atoms with E-state index < -0.39 is 0 Å². The molecule has 2 atom stereocenters. The number of amides is 1. The molecular formula is C16H19BrN4O. The van der Waals surface area contributed by atoms with Gasteiger partial charge in [-0.1, -0.05) is 22.0 Å². The van der Waals surface area contributed by atoms with Crippen LogP contribution in [0, 0.1) is 0 Å². The molecule has 1 amide bonds. The molecule has 6 heteroatoms. The van der Waals surface area contributed by atoms with Crippen molar-refractivity contribution in [3.8, 4) is 5.69 Å². The summed E-state index contributed by atoms with van der Waals surface area (Å²) in [5.74, 6) is 0.0436. The molecule has 2 unspecified atom stereocenters. The number of benzene rings is 1. The highest BCUT2D eigenvalue weighted by Gasteiger charge is 2.29. The predicted octanol–water partition coefficient (Wildman–Crippen LogP) is 2.46. The molecule has 0 saturated carbocycles. The van der Waals surface area contributed by atoms with Crippen molar-refractivity contribution in [2.24, 2.45) is 0 Å². The number of carbonyl (C=O) groups is 1. The summed E-state index contributed by atoms with van der Waals surface area (Å²) in [6.45, 7) is 5.74. The van der Waals surface area contributed by atoms with Gasteiger partial charge in [0.1, 0.15) is 0 Å². The third kappa shape index (κ3) is 2.94. The van der Waals surface area contributed by atoms with Crippen LogP contribution < -0.4 is 5.32 Å². The van der Waals surface area contributed by atoms with E-state index in [9.17, 15) is 4.79 Å².